The van der Waals surface area contributed by atoms with Crippen LogP contribution in [0.3, 0.4) is 0 Å². The zero-order chi connectivity index (χ0) is 12.8. The van der Waals surface area contributed by atoms with Gasteiger partial charge in [0.05, 0.1) is 12.7 Å². The highest BCUT2D eigenvalue weighted by molar-refractivity contribution is 7.85. The Balaban J connectivity index is 3.94. The van der Waals surface area contributed by atoms with Crippen LogP contribution in [-0.2, 0) is 29.7 Å². The van der Waals surface area contributed by atoms with E-state index in [0.29, 0.717) is 6.42 Å². The molecule has 0 amide bonds. The molecule has 1 unspecified atom stereocenters. The predicted molar refractivity (Wildman–Crippen MR) is 53.9 cm³/mol. The highest BCUT2D eigenvalue weighted by Crippen LogP contribution is 2.01. The van der Waals surface area contributed by atoms with Gasteiger partial charge >= 0.3 is 0 Å². The second-order valence-electron chi connectivity index (χ2n) is 2.97. The maximum Gasteiger partial charge on any atom is 0.289 e. The van der Waals surface area contributed by atoms with E-state index in [1.54, 1.807) is 6.92 Å². The molecular weight excluding hydrogens is 264 g/mol. The van der Waals surface area contributed by atoms with Crippen LogP contribution in [0.25, 0.3) is 0 Å². The van der Waals surface area contributed by atoms with E-state index in [4.69, 9.17) is 13.8 Å². The van der Waals surface area contributed by atoms with Crippen molar-refractivity contribution in [2.45, 2.75) is 19.4 Å². The van der Waals surface area contributed by atoms with Crippen molar-refractivity contribution in [2.24, 2.45) is 0 Å². The molecule has 16 heavy (non-hydrogen) atoms. The standard InChI is InChI=1S/C6H14O8S2/c1-2-6(14-5-16(10,11)12)3-13-4-15(7,8)9/h6H,2-5H2,1H3,(H,7,8,9)(H,10,11,12). The summed E-state index contributed by atoms with van der Waals surface area (Å²) in [5.41, 5.74) is 0. The van der Waals surface area contributed by atoms with Gasteiger partial charge in [-0.15, -0.1) is 0 Å². The van der Waals surface area contributed by atoms with Crippen molar-refractivity contribution >= 4 is 20.2 Å². The van der Waals surface area contributed by atoms with Gasteiger partial charge in [0.25, 0.3) is 20.2 Å². The van der Waals surface area contributed by atoms with E-state index in [-0.39, 0.29) is 6.61 Å². The van der Waals surface area contributed by atoms with Gasteiger partial charge in [-0.2, -0.15) is 16.8 Å². The summed E-state index contributed by atoms with van der Waals surface area (Å²) in [5.74, 6) is -1.78. The van der Waals surface area contributed by atoms with E-state index in [2.05, 4.69) is 4.74 Å². The average Bonchev–Trinajstić information content (AvgIpc) is 2.07. The van der Waals surface area contributed by atoms with Crippen molar-refractivity contribution in [3.05, 3.63) is 0 Å². The fraction of sp³-hybridized carbons (Fsp3) is 1.00. The Hall–Kier alpha value is -0.260. The molecule has 98 valence electrons. The molecule has 0 spiro atoms. The van der Waals surface area contributed by atoms with Gasteiger partial charge in [-0.1, -0.05) is 6.92 Å². The third-order valence-corrected chi connectivity index (χ3v) is 2.34. The Labute approximate surface area is 94.0 Å². The molecule has 0 saturated carbocycles. The predicted octanol–water partition coefficient (Wildman–Crippen LogP) is -0.511. The van der Waals surface area contributed by atoms with Crippen LogP contribution in [0.1, 0.15) is 13.3 Å². The Morgan fingerprint density at radius 3 is 1.94 bits per heavy atom. The summed E-state index contributed by atoms with van der Waals surface area (Å²) < 4.78 is 67.2. The molecule has 0 saturated heterocycles. The molecule has 0 heterocycles. The van der Waals surface area contributed by atoms with Crippen LogP contribution in [-0.4, -0.2) is 50.5 Å². The molecule has 10 heteroatoms. The lowest BCUT2D eigenvalue weighted by atomic mass is 10.3. The number of hydrogen-bond acceptors (Lipinski definition) is 6. The summed E-state index contributed by atoms with van der Waals surface area (Å²) in [6.07, 6.45) is -0.315. The molecule has 0 aliphatic carbocycles. The van der Waals surface area contributed by atoms with Gasteiger partial charge in [0.15, 0.2) is 11.9 Å². The van der Waals surface area contributed by atoms with Crippen LogP contribution < -0.4 is 0 Å². The summed E-state index contributed by atoms with van der Waals surface area (Å²) in [5, 5.41) is 0. The number of ether oxygens (including phenoxy) is 2. The molecule has 0 radical (unpaired) electrons. The van der Waals surface area contributed by atoms with Crippen LogP contribution in [0.2, 0.25) is 0 Å². The monoisotopic (exact) mass is 278 g/mol. The third kappa shape index (κ3) is 10.3. The molecule has 1 atom stereocenters. The molecule has 0 fully saturated rings. The first-order valence-corrected chi connectivity index (χ1v) is 7.45. The molecular formula is C6H14O8S2. The topological polar surface area (TPSA) is 127 Å². The Bertz CT molecular complexity index is 383. The summed E-state index contributed by atoms with van der Waals surface area (Å²) in [7, 11) is -8.44. The molecule has 0 bridgehead atoms. The van der Waals surface area contributed by atoms with Gasteiger partial charge in [0.1, 0.15) is 0 Å². The van der Waals surface area contributed by atoms with Crippen LogP contribution in [0.4, 0.5) is 0 Å². The second kappa shape index (κ2) is 6.47. The maximum atomic E-state index is 10.3. The molecule has 0 aromatic carbocycles. The molecule has 0 aliphatic heterocycles. The van der Waals surface area contributed by atoms with Crippen LogP contribution >= 0.6 is 0 Å². The smallest absolute Gasteiger partial charge is 0.289 e. The summed E-state index contributed by atoms with van der Waals surface area (Å²) in [4.78, 5) is 0. The maximum absolute atomic E-state index is 10.3. The molecule has 8 nitrogen and oxygen atoms in total. The van der Waals surface area contributed by atoms with Crippen LogP contribution in [0.5, 0.6) is 0 Å². The summed E-state index contributed by atoms with van der Waals surface area (Å²) >= 11 is 0. The van der Waals surface area contributed by atoms with Gasteiger partial charge in [-0.05, 0) is 6.42 Å². The minimum atomic E-state index is -4.23. The molecule has 2 N–H and O–H groups in total. The lowest BCUT2D eigenvalue weighted by Gasteiger charge is -2.14. The van der Waals surface area contributed by atoms with E-state index in [0.717, 1.165) is 0 Å². The summed E-state index contributed by atoms with van der Waals surface area (Å²) in [6, 6.07) is 0. The van der Waals surface area contributed by atoms with Crippen molar-refractivity contribution in [3.63, 3.8) is 0 Å². The summed E-state index contributed by atoms with van der Waals surface area (Å²) in [6.45, 7) is 1.46. The number of hydrogen-bond donors (Lipinski definition) is 2. The fourth-order valence-corrected chi connectivity index (χ4v) is 1.42. The van der Waals surface area contributed by atoms with Gasteiger partial charge in [0, 0.05) is 0 Å². The number of rotatable bonds is 8. The van der Waals surface area contributed by atoms with E-state index in [1.165, 1.54) is 0 Å². The quantitative estimate of drug-likeness (QED) is 0.568. The molecule has 0 aliphatic rings. The first-order chi connectivity index (χ1) is 7.14. The van der Waals surface area contributed by atoms with Crippen molar-refractivity contribution in [2.75, 3.05) is 18.5 Å². The minimum absolute atomic E-state index is 0.203. The zero-order valence-electron chi connectivity index (χ0n) is 8.57. The zero-order valence-corrected chi connectivity index (χ0v) is 10.2. The van der Waals surface area contributed by atoms with Crippen LogP contribution in [0.15, 0.2) is 0 Å². The van der Waals surface area contributed by atoms with Crippen molar-refractivity contribution < 1.29 is 35.4 Å². The van der Waals surface area contributed by atoms with Gasteiger partial charge in [0.2, 0.25) is 0 Å². The normalized spacial score (nSPS) is 14.9. The van der Waals surface area contributed by atoms with Gasteiger partial charge in [-0.3, -0.25) is 9.11 Å². The van der Waals surface area contributed by atoms with Crippen molar-refractivity contribution in [3.8, 4) is 0 Å². The van der Waals surface area contributed by atoms with Crippen molar-refractivity contribution in [1.29, 1.82) is 0 Å². The second-order valence-corrected chi connectivity index (χ2v) is 5.77. The third-order valence-electron chi connectivity index (χ3n) is 1.44. The Kier molecular flexibility index (Phi) is 6.36. The molecule has 0 aromatic rings. The van der Waals surface area contributed by atoms with E-state index >= 15 is 0 Å². The van der Waals surface area contributed by atoms with Crippen molar-refractivity contribution in [1.82, 2.24) is 0 Å². The van der Waals surface area contributed by atoms with Crippen LogP contribution in [0, 0.1) is 0 Å². The SMILES string of the molecule is CCC(COCS(=O)(=O)O)OCS(=O)(=O)O. The largest absolute Gasteiger partial charge is 0.360 e. The average molecular weight is 278 g/mol. The molecule has 0 rings (SSSR count). The fourth-order valence-electron chi connectivity index (χ4n) is 0.751. The first kappa shape index (κ1) is 15.7. The van der Waals surface area contributed by atoms with E-state index in [9.17, 15) is 16.8 Å². The Morgan fingerprint density at radius 2 is 1.56 bits per heavy atom. The van der Waals surface area contributed by atoms with Gasteiger partial charge in [-0.25, -0.2) is 0 Å². The first-order valence-electron chi connectivity index (χ1n) is 4.23. The van der Waals surface area contributed by atoms with E-state index in [1.807, 2.05) is 0 Å². The lowest BCUT2D eigenvalue weighted by molar-refractivity contribution is 0.00887. The highest BCUT2D eigenvalue weighted by atomic mass is 32.2. The lowest BCUT2D eigenvalue weighted by Crippen LogP contribution is -2.24. The Morgan fingerprint density at radius 1 is 1.06 bits per heavy atom. The van der Waals surface area contributed by atoms with E-state index < -0.39 is 38.2 Å². The molecule has 0 aromatic heterocycles. The minimum Gasteiger partial charge on any atom is -0.360 e. The van der Waals surface area contributed by atoms with Gasteiger partial charge < -0.3 is 9.47 Å². The highest BCUT2D eigenvalue weighted by Gasteiger charge is 2.13.